The van der Waals surface area contributed by atoms with Gasteiger partial charge in [-0.15, -0.1) is 0 Å². The van der Waals surface area contributed by atoms with Crippen LogP contribution in [0.15, 0.2) is 58.4 Å². The van der Waals surface area contributed by atoms with Gasteiger partial charge in [-0.25, -0.2) is 17.5 Å². The first-order chi connectivity index (χ1) is 23.5. The molecule has 2 amide bonds. The van der Waals surface area contributed by atoms with E-state index in [2.05, 4.69) is 10.3 Å². The zero-order valence-electron chi connectivity index (χ0n) is 28.8. The number of carboxylic acid groups (broad SMARTS) is 1. The molecule has 1 aliphatic heterocycles. The molecule has 266 valence electrons. The van der Waals surface area contributed by atoms with Gasteiger partial charge in [0.05, 0.1) is 4.90 Å². The minimum absolute atomic E-state index is 0.0584. The van der Waals surface area contributed by atoms with Crippen molar-refractivity contribution in [3.05, 3.63) is 81.9 Å². The molecule has 1 heterocycles. The highest BCUT2D eigenvalue weighted by atomic mass is 32.2. The summed E-state index contributed by atoms with van der Waals surface area (Å²) in [6, 6.07) is 14.1. The molecule has 0 unspecified atom stereocenters. The lowest BCUT2D eigenvalue weighted by Crippen LogP contribution is -2.52. The fourth-order valence-corrected chi connectivity index (χ4v) is 8.78. The first kappa shape index (κ1) is 36.2. The predicted molar refractivity (Wildman–Crippen MR) is 188 cm³/mol. The van der Waals surface area contributed by atoms with Crippen LogP contribution >= 0.6 is 0 Å². The zero-order chi connectivity index (χ0) is 36.5. The molecule has 0 aromatic heterocycles. The van der Waals surface area contributed by atoms with E-state index in [4.69, 9.17) is 20.9 Å². The van der Waals surface area contributed by atoms with Crippen molar-refractivity contribution >= 4 is 34.0 Å². The highest BCUT2D eigenvalue weighted by Crippen LogP contribution is 2.45. The maximum absolute atomic E-state index is 14.4. The smallest absolute Gasteiger partial charge is 0.407 e. The molecule has 0 saturated carbocycles. The van der Waals surface area contributed by atoms with Gasteiger partial charge < -0.3 is 31.4 Å². The maximum atomic E-state index is 14.4. The molecule has 0 saturated heterocycles. The number of alkyl carbamates (subject to hydrolysis) is 1. The number of hydrogen-bond donors (Lipinski definition) is 4. The van der Waals surface area contributed by atoms with Crippen molar-refractivity contribution in [2.45, 2.75) is 76.3 Å². The number of benzene rings is 3. The second-order valence-electron chi connectivity index (χ2n) is 13.3. The quantitative estimate of drug-likeness (QED) is 0.122. The van der Waals surface area contributed by atoms with Gasteiger partial charge in [-0.3, -0.25) is 14.6 Å². The van der Waals surface area contributed by atoms with Crippen LogP contribution in [0.5, 0.6) is 5.75 Å². The Morgan fingerprint density at radius 2 is 1.62 bits per heavy atom. The molecule has 0 fully saturated rings. The highest BCUT2D eigenvalue weighted by Gasteiger charge is 2.42. The second-order valence-corrected chi connectivity index (χ2v) is 15.1. The van der Waals surface area contributed by atoms with E-state index in [1.165, 1.54) is 0 Å². The van der Waals surface area contributed by atoms with E-state index in [-0.39, 0.29) is 42.8 Å². The molecule has 0 bridgehead atoms. The van der Waals surface area contributed by atoms with E-state index in [0.29, 0.717) is 38.7 Å². The Balaban J connectivity index is 1.44. The third-order valence-corrected chi connectivity index (χ3v) is 11.3. The Kier molecular flexibility index (Phi) is 10.1. The van der Waals surface area contributed by atoms with Gasteiger partial charge >= 0.3 is 12.1 Å². The van der Waals surface area contributed by atoms with Crippen LogP contribution in [0.4, 0.5) is 4.79 Å². The van der Waals surface area contributed by atoms with E-state index < -0.39 is 46.2 Å². The number of carboxylic acids is 1. The first-order valence-electron chi connectivity index (χ1n) is 16.3. The van der Waals surface area contributed by atoms with Crippen molar-refractivity contribution < 1.29 is 37.4 Å². The number of aliphatic carboxylic acids is 1. The number of nitrogens with two attached hydrogens (primary N) is 2. The lowest BCUT2D eigenvalue weighted by molar-refractivity contribution is -0.141. The van der Waals surface area contributed by atoms with Crippen LogP contribution < -0.4 is 21.5 Å². The number of nitrogens with zero attached hydrogens (tertiary/aromatic N) is 2. The summed E-state index contributed by atoms with van der Waals surface area (Å²) < 4.78 is 40.9. The molecular weight excluding hydrogens is 662 g/mol. The van der Waals surface area contributed by atoms with Gasteiger partial charge in [0, 0.05) is 24.4 Å². The molecule has 2 aliphatic rings. The molecule has 50 heavy (non-hydrogen) atoms. The van der Waals surface area contributed by atoms with E-state index in [0.717, 1.165) is 22.3 Å². The van der Waals surface area contributed by atoms with Crippen LogP contribution in [0, 0.1) is 20.8 Å². The minimum Gasteiger partial charge on any atom is -0.487 e. The monoisotopic (exact) mass is 705 g/mol. The first-order valence-corrected chi connectivity index (χ1v) is 17.7. The molecule has 14 heteroatoms. The highest BCUT2D eigenvalue weighted by molar-refractivity contribution is 7.89. The predicted octanol–water partition coefficient (Wildman–Crippen LogP) is 3.89. The van der Waals surface area contributed by atoms with Crippen LogP contribution in [-0.2, 0) is 30.8 Å². The van der Waals surface area contributed by atoms with E-state index in [9.17, 15) is 27.9 Å². The summed E-state index contributed by atoms with van der Waals surface area (Å²) >= 11 is 0. The summed E-state index contributed by atoms with van der Waals surface area (Å²) in [6.07, 6.45) is -0.517. The van der Waals surface area contributed by atoms with Crippen LogP contribution in [-0.4, -0.2) is 73.1 Å². The lowest BCUT2D eigenvalue weighted by atomic mass is 9.94. The van der Waals surface area contributed by atoms with Crippen molar-refractivity contribution in [3.63, 3.8) is 0 Å². The Morgan fingerprint density at radius 1 is 1.02 bits per heavy atom. The number of hydrogen-bond acceptors (Lipinski definition) is 8. The second kappa shape index (κ2) is 14.0. The normalized spacial score (nSPS) is 14.8. The number of sulfonamides is 1. The fraction of sp³-hybridized carbons (Fsp3) is 0.389. The number of nitrogens with one attached hydrogen (secondary N) is 1. The summed E-state index contributed by atoms with van der Waals surface area (Å²) in [4.78, 5) is 43.4. The molecule has 6 N–H and O–H groups in total. The molecule has 0 spiro atoms. The Hall–Kier alpha value is -5.11. The largest absolute Gasteiger partial charge is 0.487 e. The summed E-state index contributed by atoms with van der Waals surface area (Å²) in [5.41, 5.74) is 16.3. The number of amides is 2. The Bertz CT molecular complexity index is 1940. The van der Waals surface area contributed by atoms with Gasteiger partial charge in [-0.2, -0.15) is 0 Å². The molecule has 1 atom stereocenters. The summed E-state index contributed by atoms with van der Waals surface area (Å²) in [7, 11) is -4.77. The Morgan fingerprint density at radius 3 is 2.20 bits per heavy atom. The topological polar surface area (TPSA) is 204 Å². The van der Waals surface area contributed by atoms with Crippen LogP contribution in [0.25, 0.3) is 11.1 Å². The average Bonchev–Trinajstić information content (AvgIpc) is 3.56. The summed E-state index contributed by atoms with van der Waals surface area (Å²) in [6.45, 7) is 7.55. The fourth-order valence-electron chi connectivity index (χ4n) is 6.86. The van der Waals surface area contributed by atoms with Crippen LogP contribution in [0.1, 0.15) is 66.0 Å². The van der Waals surface area contributed by atoms with E-state index in [1.807, 2.05) is 62.4 Å². The SMILES string of the molecule is Cc1c(C)c(S(=O)(=O)N(CC(=O)O)C(=O)[C@H](CCCN=C(N)N)NC(=O)OCC2c3ccccc3-c3ccccc32)c(C)c2c1OC(C)(C)C2. The zero-order valence-corrected chi connectivity index (χ0v) is 29.6. The molecule has 5 rings (SSSR count). The number of ether oxygens (including phenoxy) is 2. The van der Waals surface area contributed by atoms with Crippen molar-refractivity contribution in [2.75, 3.05) is 19.7 Å². The van der Waals surface area contributed by atoms with Crippen molar-refractivity contribution in [2.24, 2.45) is 16.5 Å². The number of rotatable bonds is 12. The number of aliphatic imine (C=N–C) groups is 1. The number of guanidine groups is 1. The van der Waals surface area contributed by atoms with E-state index >= 15 is 0 Å². The van der Waals surface area contributed by atoms with Gasteiger partial charge in [0.25, 0.3) is 15.9 Å². The summed E-state index contributed by atoms with van der Waals surface area (Å²) in [5, 5.41) is 12.3. The summed E-state index contributed by atoms with van der Waals surface area (Å²) in [5.74, 6) is -2.57. The minimum atomic E-state index is -4.77. The van der Waals surface area contributed by atoms with Crippen LogP contribution in [0.3, 0.4) is 0 Å². The molecule has 3 aromatic rings. The molecule has 3 aromatic carbocycles. The Labute approximate surface area is 291 Å². The standard InChI is InChI=1S/C36H43N5O8S/c1-20-21(2)32(22(3)27-17-36(4,5)49-31(20)27)50(46,47)41(18-30(42)43)33(44)29(15-10-16-39-34(37)38)40-35(45)48-19-28-25-13-8-6-11-23(25)24-12-7-9-14-26(24)28/h6-9,11-14,28-29H,10,15-19H2,1-5H3,(H,40,45)(H,42,43)(H4,37,38,39)/t29-/m0/s1. The van der Waals surface area contributed by atoms with Gasteiger partial charge in [-0.05, 0) is 86.4 Å². The molecular formula is C36H43N5O8S. The van der Waals surface area contributed by atoms with Crippen LogP contribution in [0.2, 0.25) is 0 Å². The number of carbonyl (C=O) groups is 3. The average molecular weight is 706 g/mol. The van der Waals surface area contributed by atoms with Crippen molar-refractivity contribution in [1.29, 1.82) is 0 Å². The molecule has 13 nitrogen and oxygen atoms in total. The number of fused-ring (bicyclic) bond motifs is 4. The molecule has 0 radical (unpaired) electrons. The maximum Gasteiger partial charge on any atom is 0.407 e. The van der Waals surface area contributed by atoms with Gasteiger partial charge in [0.2, 0.25) is 0 Å². The van der Waals surface area contributed by atoms with Crippen molar-refractivity contribution in [3.8, 4) is 16.9 Å². The van der Waals surface area contributed by atoms with Gasteiger partial charge in [-0.1, -0.05) is 48.5 Å². The lowest BCUT2D eigenvalue weighted by Gasteiger charge is -2.28. The third-order valence-electron chi connectivity index (χ3n) is 9.24. The number of carbonyl (C=O) groups excluding carboxylic acids is 2. The van der Waals surface area contributed by atoms with E-state index in [1.54, 1.807) is 20.8 Å². The third kappa shape index (κ3) is 7.11. The van der Waals surface area contributed by atoms with Crippen molar-refractivity contribution in [1.82, 2.24) is 9.62 Å². The molecule has 1 aliphatic carbocycles. The van der Waals surface area contributed by atoms with Gasteiger partial charge in [0.15, 0.2) is 5.96 Å². The van der Waals surface area contributed by atoms with Gasteiger partial charge in [0.1, 0.15) is 30.5 Å².